The summed E-state index contributed by atoms with van der Waals surface area (Å²) in [4.78, 5) is 10.7. The Kier molecular flexibility index (Phi) is 2.38. The van der Waals surface area contributed by atoms with Gasteiger partial charge in [-0.25, -0.2) is 0 Å². The maximum absolute atomic E-state index is 10.7. The Morgan fingerprint density at radius 3 is 3.00 bits per heavy atom. The third kappa shape index (κ3) is 1.88. The topological polar surface area (TPSA) is 55.1 Å². The summed E-state index contributed by atoms with van der Waals surface area (Å²) in [6.45, 7) is 1.96. The van der Waals surface area contributed by atoms with E-state index in [9.17, 15) is 4.79 Å². The largest absolute Gasteiger partial charge is 0.394 e. The van der Waals surface area contributed by atoms with Gasteiger partial charge in [-0.2, -0.15) is 5.10 Å². The van der Waals surface area contributed by atoms with E-state index in [2.05, 4.69) is 5.10 Å². The van der Waals surface area contributed by atoms with Crippen LogP contribution in [0.4, 0.5) is 0 Å². The van der Waals surface area contributed by atoms with E-state index < -0.39 is 0 Å². The van der Waals surface area contributed by atoms with Crippen LogP contribution in [0.15, 0.2) is 12.4 Å². The highest BCUT2D eigenvalue weighted by Gasteiger charge is 2.01. The van der Waals surface area contributed by atoms with Crippen LogP contribution in [0.5, 0.6) is 0 Å². The standard InChI is InChI=1S/C7H10N2O2/c1-6(11)7-4-8-9(5-7)2-3-10/h4-5,10H,2-3H2,1H3. The Balaban J connectivity index is 2.73. The van der Waals surface area contributed by atoms with Crippen molar-refractivity contribution in [2.45, 2.75) is 13.5 Å². The first kappa shape index (κ1) is 7.94. The van der Waals surface area contributed by atoms with Crippen molar-refractivity contribution in [3.63, 3.8) is 0 Å². The van der Waals surface area contributed by atoms with Gasteiger partial charge in [0.2, 0.25) is 0 Å². The van der Waals surface area contributed by atoms with Crippen LogP contribution >= 0.6 is 0 Å². The summed E-state index contributed by atoms with van der Waals surface area (Å²) in [5.41, 5.74) is 0.582. The van der Waals surface area contributed by atoms with Gasteiger partial charge in [0.05, 0.1) is 24.9 Å². The van der Waals surface area contributed by atoms with Gasteiger partial charge in [0.15, 0.2) is 5.78 Å². The molecule has 0 saturated heterocycles. The molecule has 1 rings (SSSR count). The highest BCUT2D eigenvalue weighted by atomic mass is 16.3. The number of carbonyl (C=O) groups is 1. The minimum Gasteiger partial charge on any atom is -0.394 e. The summed E-state index contributed by atoms with van der Waals surface area (Å²) in [6, 6.07) is 0. The minimum absolute atomic E-state index is 0.00538. The zero-order valence-corrected chi connectivity index (χ0v) is 6.32. The highest BCUT2D eigenvalue weighted by molar-refractivity contribution is 5.93. The van der Waals surface area contributed by atoms with Crippen LogP contribution in [0.3, 0.4) is 0 Å². The summed E-state index contributed by atoms with van der Waals surface area (Å²) in [5.74, 6) is -0.00538. The zero-order chi connectivity index (χ0) is 8.27. The van der Waals surface area contributed by atoms with Crippen LogP contribution in [0.1, 0.15) is 17.3 Å². The van der Waals surface area contributed by atoms with E-state index >= 15 is 0 Å². The Morgan fingerprint density at radius 1 is 1.82 bits per heavy atom. The van der Waals surface area contributed by atoms with Crippen molar-refractivity contribution < 1.29 is 9.90 Å². The first-order valence-electron chi connectivity index (χ1n) is 3.38. The molecule has 1 aromatic heterocycles. The predicted molar refractivity (Wildman–Crippen MR) is 39.3 cm³/mol. The summed E-state index contributed by atoms with van der Waals surface area (Å²) < 4.78 is 1.54. The Hall–Kier alpha value is -1.16. The second kappa shape index (κ2) is 3.30. The molecule has 1 N–H and O–H groups in total. The smallest absolute Gasteiger partial charge is 0.162 e. The summed E-state index contributed by atoms with van der Waals surface area (Å²) in [7, 11) is 0. The van der Waals surface area contributed by atoms with Crippen LogP contribution in [0.2, 0.25) is 0 Å². The number of aliphatic hydroxyl groups is 1. The SMILES string of the molecule is CC(=O)c1cnn(CCO)c1. The van der Waals surface area contributed by atoms with Crippen LogP contribution in [-0.4, -0.2) is 27.3 Å². The fraction of sp³-hybridized carbons (Fsp3) is 0.429. The Bertz CT molecular complexity index is 255. The number of Topliss-reactive ketones (excluding diaryl/α,β-unsaturated/α-hetero) is 1. The molecule has 0 unspecified atom stereocenters. The van der Waals surface area contributed by atoms with Crippen LogP contribution in [0.25, 0.3) is 0 Å². The molecule has 0 bridgehead atoms. The fourth-order valence-electron chi connectivity index (χ4n) is 0.770. The van der Waals surface area contributed by atoms with Gasteiger partial charge in [-0.3, -0.25) is 9.48 Å². The quantitative estimate of drug-likeness (QED) is 0.627. The molecule has 1 heterocycles. The van der Waals surface area contributed by atoms with Crippen molar-refractivity contribution in [1.29, 1.82) is 0 Å². The molecule has 0 spiro atoms. The van der Waals surface area contributed by atoms with Crippen molar-refractivity contribution in [2.75, 3.05) is 6.61 Å². The summed E-state index contributed by atoms with van der Waals surface area (Å²) in [6.07, 6.45) is 3.12. The van der Waals surface area contributed by atoms with Crippen molar-refractivity contribution in [3.05, 3.63) is 18.0 Å². The average Bonchev–Trinajstić information content (AvgIpc) is 2.37. The van der Waals surface area contributed by atoms with Crippen LogP contribution in [-0.2, 0) is 6.54 Å². The molecule has 4 heteroatoms. The highest BCUT2D eigenvalue weighted by Crippen LogP contribution is 1.97. The first-order chi connectivity index (χ1) is 5.24. The van der Waals surface area contributed by atoms with E-state index in [1.807, 2.05) is 0 Å². The van der Waals surface area contributed by atoms with Crippen molar-refractivity contribution in [3.8, 4) is 0 Å². The third-order valence-corrected chi connectivity index (χ3v) is 1.37. The van der Waals surface area contributed by atoms with Gasteiger partial charge in [-0.05, 0) is 6.92 Å². The molecule has 11 heavy (non-hydrogen) atoms. The van der Waals surface area contributed by atoms with E-state index in [0.29, 0.717) is 12.1 Å². The first-order valence-corrected chi connectivity index (χ1v) is 3.38. The molecule has 0 amide bonds. The lowest BCUT2D eigenvalue weighted by molar-refractivity contribution is 0.101. The lowest BCUT2D eigenvalue weighted by Gasteiger charge is -1.93. The summed E-state index contributed by atoms with van der Waals surface area (Å²) >= 11 is 0. The van der Waals surface area contributed by atoms with Crippen molar-refractivity contribution >= 4 is 5.78 Å². The predicted octanol–water partition coefficient (Wildman–Crippen LogP) is 0.0780. The number of rotatable bonds is 3. The number of aromatic nitrogens is 2. The molecule has 0 aliphatic carbocycles. The number of hydrogen-bond acceptors (Lipinski definition) is 3. The minimum atomic E-state index is -0.00538. The number of ketones is 1. The molecule has 4 nitrogen and oxygen atoms in total. The van der Waals surface area contributed by atoms with Crippen molar-refractivity contribution in [1.82, 2.24) is 9.78 Å². The van der Waals surface area contributed by atoms with Crippen LogP contribution < -0.4 is 0 Å². The molecule has 0 fully saturated rings. The fourth-order valence-corrected chi connectivity index (χ4v) is 0.770. The monoisotopic (exact) mass is 154 g/mol. The van der Waals surface area contributed by atoms with Crippen LogP contribution in [0, 0.1) is 0 Å². The van der Waals surface area contributed by atoms with Gasteiger partial charge in [0.25, 0.3) is 0 Å². The number of aliphatic hydroxyl groups excluding tert-OH is 1. The van der Waals surface area contributed by atoms with E-state index in [4.69, 9.17) is 5.11 Å². The molecule has 1 aromatic rings. The lowest BCUT2D eigenvalue weighted by atomic mass is 10.3. The van der Waals surface area contributed by atoms with Gasteiger partial charge in [-0.1, -0.05) is 0 Å². The Labute approximate surface area is 64.5 Å². The van der Waals surface area contributed by atoms with E-state index in [0.717, 1.165) is 0 Å². The average molecular weight is 154 g/mol. The maximum atomic E-state index is 10.7. The maximum Gasteiger partial charge on any atom is 0.162 e. The lowest BCUT2D eigenvalue weighted by Crippen LogP contribution is -2.01. The molecule has 60 valence electrons. The van der Waals surface area contributed by atoms with Gasteiger partial charge in [0, 0.05) is 6.20 Å². The molecule has 0 radical (unpaired) electrons. The molecular formula is C7H10N2O2. The number of carbonyl (C=O) groups excluding carboxylic acids is 1. The van der Waals surface area contributed by atoms with E-state index in [1.165, 1.54) is 17.8 Å². The normalized spacial score (nSPS) is 10.0. The second-order valence-corrected chi connectivity index (χ2v) is 2.27. The van der Waals surface area contributed by atoms with Crippen molar-refractivity contribution in [2.24, 2.45) is 0 Å². The number of nitrogens with zero attached hydrogens (tertiary/aromatic N) is 2. The molecule has 0 atom stereocenters. The van der Waals surface area contributed by atoms with Gasteiger partial charge < -0.3 is 5.11 Å². The molecule has 0 saturated carbocycles. The van der Waals surface area contributed by atoms with E-state index in [1.54, 1.807) is 6.20 Å². The zero-order valence-electron chi connectivity index (χ0n) is 6.32. The summed E-state index contributed by atoms with van der Waals surface area (Å²) in [5, 5.41) is 12.4. The Morgan fingerprint density at radius 2 is 2.55 bits per heavy atom. The molecular weight excluding hydrogens is 144 g/mol. The second-order valence-electron chi connectivity index (χ2n) is 2.27. The van der Waals surface area contributed by atoms with Gasteiger partial charge in [0.1, 0.15) is 0 Å². The van der Waals surface area contributed by atoms with Gasteiger partial charge >= 0.3 is 0 Å². The molecule has 0 aromatic carbocycles. The van der Waals surface area contributed by atoms with E-state index in [-0.39, 0.29) is 12.4 Å². The van der Waals surface area contributed by atoms with Gasteiger partial charge in [-0.15, -0.1) is 0 Å². The molecule has 0 aliphatic rings. The third-order valence-electron chi connectivity index (χ3n) is 1.37. The molecule has 0 aliphatic heterocycles. The number of hydrogen-bond donors (Lipinski definition) is 1.